The van der Waals surface area contributed by atoms with Crippen LogP contribution in [0.5, 0.6) is 0 Å². The van der Waals surface area contributed by atoms with Crippen LogP contribution in [0.15, 0.2) is 46.4 Å². The summed E-state index contributed by atoms with van der Waals surface area (Å²) in [6, 6.07) is 13.1. The average Bonchev–Trinajstić information content (AvgIpc) is 2.67. The molecule has 0 fully saturated rings. The van der Waals surface area contributed by atoms with Gasteiger partial charge in [-0.05, 0) is 60.3 Å². The van der Waals surface area contributed by atoms with E-state index in [1.165, 1.54) is 22.3 Å². The number of hydrogen-bond acceptors (Lipinski definition) is 2. The molecule has 156 valence electrons. The molecule has 29 heavy (non-hydrogen) atoms. The molecule has 0 unspecified atom stereocenters. The van der Waals surface area contributed by atoms with Gasteiger partial charge in [-0.2, -0.15) is 0 Å². The molecule has 0 atom stereocenters. The van der Waals surface area contributed by atoms with Crippen molar-refractivity contribution in [2.45, 2.75) is 86.5 Å². The Bertz CT molecular complexity index is 872. The molecule has 0 heterocycles. The standard InChI is InChI=1S/C27H38N2/c1-10-22-13-11-14-23(17(2)3)26(22)28-20(8)21(9)29-27-24(18(4)5)15-12-16-25(27)19(6)7/h11-19H,10H2,1-9H3/b28-20+,29-21+. The molecule has 0 bridgehead atoms. The highest BCUT2D eigenvalue weighted by Crippen LogP contribution is 2.35. The molecule has 0 aliphatic heterocycles. The van der Waals surface area contributed by atoms with Crippen LogP contribution in [-0.4, -0.2) is 11.4 Å². The first-order valence-corrected chi connectivity index (χ1v) is 11.0. The number of aryl methyl sites for hydroxylation is 1. The number of benzene rings is 2. The Hall–Kier alpha value is -2.22. The summed E-state index contributed by atoms with van der Waals surface area (Å²) in [5.74, 6) is 1.32. The van der Waals surface area contributed by atoms with E-state index in [4.69, 9.17) is 9.98 Å². The van der Waals surface area contributed by atoms with Crippen molar-refractivity contribution in [1.82, 2.24) is 0 Å². The van der Waals surface area contributed by atoms with E-state index >= 15 is 0 Å². The molecule has 0 radical (unpaired) electrons. The second-order valence-electron chi connectivity index (χ2n) is 8.85. The summed E-state index contributed by atoms with van der Waals surface area (Å²) < 4.78 is 0. The Labute approximate surface area is 178 Å². The summed E-state index contributed by atoms with van der Waals surface area (Å²) in [4.78, 5) is 10.2. The maximum atomic E-state index is 5.11. The third-order valence-electron chi connectivity index (χ3n) is 5.58. The SMILES string of the molecule is CCc1cccc(C(C)C)c1/N=C(C)/C(C)=N/c1c(C(C)C)cccc1C(C)C. The Morgan fingerprint density at radius 1 is 0.655 bits per heavy atom. The van der Waals surface area contributed by atoms with E-state index in [0.29, 0.717) is 17.8 Å². The minimum absolute atomic E-state index is 0.436. The number of nitrogens with zero attached hydrogens (tertiary/aromatic N) is 2. The van der Waals surface area contributed by atoms with Gasteiger partial charge in [0.05, 0.1) is 22.8 Å². The molecule has 2 heteroatoms. The van der Waals surface area contributed by atoms with Crippen LogP contribution in [0.25, 0.3) is 0 Å². The van der Waals surface area contributed by atoms with Crippen LogP contribution in [0.3, 0.4) is 0 Å². The van der Waals surface area contributed by atoms with Crippen LogP contribution < -0.4 is 0 Å². The van der Waals surface area contributed by atoms with E-state index < -0.39 is 0 Å². The molecular weight excluding hydrogens is 352 g/mol. The molecule has 0 amide bonds. The predicted octanol–water partition coefficient (Wildman–Crippen LogP) is 8.50. The molecule has 2 aromatic rings. The highest BCUT2D eigenvalue weighted by Gasteiger charge is 2.15. The fourth-order valence-corrected chi connectivity index (χ4v) is 3.64. The predicted molar refractivity (Wildman–Crippen MR) is 130 cm³/mol. The zero-order chi connectivity index (χ0) is 21.7. The number of rotatable bonds is 7. The highest BCUT2D eigenvalue weighted by atomic mass is 14.8. The fraction of sp³-hybridized carbons (Fsp3) is 0.481. The summed E-state index contributed by atoms with van der Waals surface area (Å²) >= 11 is 0. The van der Waals surface area contributed by atoms with Crippen LogP contribution in [0.4, 0.5) is 11.4 Å². The van der Waals surface area contributed by atoms with Gasteiger partial charge in [0.25, 0.3) is 0 Å². The normalized spacial score (nSPS) is 13.1. The Kier molecular flexibility index (Phi) is 7.96. The molecule has 0 saturated heterocycles. The van der Waals surface area contributed by atoms with Crippen molar-refractivity contribution in [3.63, 3.8) is 0 Å². The van der Waals surface area contributed by atoms with Crippen LogP contribution in [0.1, 0.15) is 102 Å². The summed E-state index contributed by atoms with van der Waals surface area (Å²) in [6.45, 7) is 19.8. The highest BCUT2D eigenvalue weighted by molar-refractivity contribution is 6.41. The van der Waals surface area contributed by atoms with Crippen molar-refractivity contribution in [3.05, 3.63) is 58.7 Å². The van der Waals surface area contributed by atoms with Crippen LogP contribution in [-0.2, 0) is 6.42 Å². The van der Waals surface area contributed by atoms with Gasteiger partial charge in [0.2, 0.25) is 0 Å². The lowest BCUT2D eigenvalue weighted by Gasteiger charge is -2.17. The van der Waals surface area contributed by atoms with Crippen molar-refractivity contribution in [3.8, 4) is 0 Å². The lowest BCUT2D eigenvalue weighted by atomic mass is 9.93. The molecule has 2 nitrogen and oxygen atoms in total. The van der Waals surface area contributed by atoms with Crippen molar-refractivity contribution >= 4 is 22.8 Å². The average molecular weight is 391 g/mol. The van der Waals surface area contributed by atoms with Gasteiger partial charge in [0.15, 0.2) is 0 Å². The van der Waals surface area contributed by atoms with Crippen LogP contribution in [0, 0.1) is 0 Å². The van der Waals surface area contributed by atoms with Gasteiger partial charge < -0.3 is 0 Å². The smallest absolute Gasteiger partial charge is 0.0702 e. The van der Waals surface area contributed by atoms with E-state index in [1.807, 2.05) is 0 Å². The maximum Gasteiger partial charge on any atom is 0.0702 e. The summed E-state index contributed by atoms with van der Waals surface area (Å²) in [5, 5.41) is 0. The first-order valence-electron chi connectivity index (χ1n) is 11.0. The molecule has 0 N–H and O–H groups in total. The summed E-state index contributed by atoms with van der Waals surface area (Å²) in [6.07, 6.45) is 0.983. The molecule has 2 aromatic carbocycles. The van der Waals surface area contributed by atoms with E-state index in [1.54, 1.807) is 0 Å². The molecule has 2 rings (SSSR count). The van der Waals surface area contributed by atoms with Crippen molar-refractivity contribution in [2.75, 3.05) is 0 Å². The first-order chi connectivity index (χ1) is 13.7. The van der Waals surface area contributed by atoms with E-state index in [-0.39, 0.29) is 0 Å². The Morgan fingerprint density at radius 3 is 1.45 bits per heavy atom. The Morgan fingerprint density at radius 2 is 1.03 bits per heavy atom. The topological polar surface area (TPSA) is 24.7 Å². The third kappa shape index (κ3) is 5.44. The first kappa shape index (κ1) is 23.1. The fourth-order valence-electron chi connectivity index (χ4n) is 3.64. The van der Waals surface area contributed by atoms with E-state index in [2.05, 4.69) is 98.7 Å². The molecular formula is C27H38N2. The third-order valence-corrected chi connectivity index (χ3v) is 5.58. The molecule has 0 aliphatic rings. The lowest BCUT2D eigenvalue weighted by Crippen LogP contribution is -2.07. The number of hydrogen-bond donors (Lipinski definition) is 0. The minimum Gasteiger partial charge on any atom is -0.251 e. The van der Waals surface area contributed by atoms with Gasteiger partial charge in [0, 0.05) is 0 Å². The van der Waals surface area contributed by atoms with Gasteiger partial charge in [-0.1, -0.05) is 84.9 Å². The van der Waals surface area contributed by atoms with E-state index in [0.717, 1.165) is 29.2 Å². The number of para-hydroxylation sites is 2. The van der Waals surface area contributed by atoms with Crippen molar-refractivity contribution in [1.29, 1.82) is 0 Å². The van der Waals surface area contributed by atoms with Crippen molar-refractivity contribution in [2.24, 2.45) is 9.98 Å². The zero-order valence-corrected chi connectivity index (χ0v) is 19.8. The van der Waals surface area contributed by atoms with Gasteiger partial charge in [-0.25, -0.2) is 0 Å². The molecule has 0 aromatic heterocycles. The van der Waals surface area contributed by atoms with Crippen molar-refractivity contribution < 1.29 is 0 Å². The summed E-state index contributed by atoms with van der Waals surface area (Å²) in [7, 11) is 0. The zero-order valence-electron chi connectivity index (χ0n) is 19.8. The van der Waals surface area contributed by atoms with Crippen LogP contribution >= 0.6 is 0 Å². The minimum atomic E-state index is 0.436. The van der Waals surface area contributed by atoms with Gasteiger partial charge in [-0.15, -0.1) is 0 Å². The van der Waals surface area contributed by atoms with Crippen LogP contribution in [0.2, 0.25) is 0 Å². The molecule has 0 saturated carbocycles. The Balaban J connectivity index is 2.60. The van der Waals surface area contributed by atoms with Gasteiger partial charge in [0.1, 0.15) is 0 Å². The largest absolute Gasteiger partial charge is 0.251 e. The quantitative estimate of drug-likeness (QED) is 0.423. The lowest BCUT2D eigenvalue weighted by molar-refractivity contribution is 0.835. The monoisotopic (exact) mass is 390 g/mol. The van der Waals surface area contributed by atoms with Gasteiger partial charge >= 0.3 is 0 Å². The number of aliphatic imine (C=N–C) groups is 2. The second-order valence-corrected chi connectivity index (χ2v) is 8.85. The molecule has 0 aliphatic carbocycles. The van der Waals surface area contributed by atoms with E-state index in [9.17, 15) is 0 Å². The van der Waals surface area contributed by atoms with Gasteiger partial charge in [-0.3, -0.25) is 9.98 Å². The second kappa shape index (κ2) is 10.0. The maximum absolute atomic E-state index is 5.11. The molecule has 0 spiro atoms. The summed E-state index contributed by atoms with van der Waals surface area (Å²) in [5.41, 5.74) is 9.44.